The highest BCUT2D eigenvalue weighted by Crippen LogP contribution is 2.34. The molecule has 0 saturated heterocycles. The van der Waals surface area contributed by atoms with E-state index in [0.29, 0.717) is 5.92 Å². The normalized spacial score (nSPS) is 18.3. The second-order valence-electron chi connectivity index (χ2n) is 8.46. The third kappa shape index (κ3) is 7.01. The van der Waals surface area contributed by atoms with Gasteiger partial charge in [-0.25, -0.2) is 0 Å². The third-order valence-corrected chi connectivity index (χ3v) is 5.81. The molecule has 0 amide bonds. The van der Waals surface area contributed by atoms with E-state index in [4.69, 9.17) is 9.47 Å². The van der Waals surface area contributed by atoms with E-state index < -0.39 is 59.0 Å². The van der Waals surface area contributed by atoms with Crippen molar-refractivity contribution in [3.63, 3.8) is 0 Å². The Balaban J connectivity index is 1.58. The van der Waals surface area contributed by atoms with Gasteiger partial charge in [0.05, 0.1) is 13.2 Å². The van der Waals surface area contributed by atoms with E-state index in [1.807, 2.05) is 13.0 Å². The zero-order chi connectivity index (χ0) is 26.3. The van der Waals surface area contributed by atoms with Crippen molar-refractivity contribution >= 4 is 0 Å². The molecule has 0 radical (unpaired) electrons. The van der Waals surface area contributed by atoms with Crippen LogP contribution in [-0.2, 0) is 0 Å². The third-order valence-electron chi connectivity index (χ3n) is 5.81. The van der Waals surface area contributed by atoms with Gasteiger partial charge in [0.25, 0.3) is 0 Å². The Bertz CT molecular complexity index is 1050. The van der Waals surface area contributed by atoms with Crippen molar-refractivity contribution in [2.45, 2.75) is 45.6 Å². The maximum atomic E-state index is 14.4. The number of allylic oxidation sites excluding steroid dienone is 2. The molecular formula is C26H28F6O4. The molecule has 2 aromatic rings. The Morgan fingerprint density at radius 3 is 1.83 bits per heavy atom. The molecule has 2 aromatic carbocycles. The highest BCUT2D eigenvalue weighted by Gasteiger charge is 2.36. The molecular weight excluding hydrogens is 490 g/mol. The van der Waals surface area contributed by atoms with Crippen molar-refractivity contribution in [2.24, 2.45) is 11.8 Å². The first-order chi connectivity index (χ1) is 17.1. The summed E-state index contributed by atoms with van der Waals surface area (Å²) in [6.45, 7) is 2.16. The highest BCUT2D eigenvalue weighted by atomic mass is 19.3. The predicted molar refractivity (Wildman–Crippen MR) is 121 cm³/mol. The number of halogens is 6. The molecule has 4 nitrogen and oxygen atoms in total. The van der Waals surface area contributed by atoms with Crippen LogP contribution in [0.25, 0.3) is 0 Å². The molecule has 36 heavy (non-hydrogen) atoms. The minimum atomic E-state index is -4.19. The minimum absolute atomic E-state index is 0.0618. The van der Waals surface area contributed by atoms with Gasteiger partial charge in [0.15, 0.2) is 29.6 Å². The van der Waals surface area contributed by atoms with Gasteiger partial charge in [0, 0.05) is 0 Å². The molecule has 10 heteroatoms. The Morgan fingerprint density at radius 2 is 1.28 bits per heavy atom. The molecule has 1 fully saturated rings. The topological polar surface area (TPSA) is 36.9 Å². The molecule has 0 unspecified atom stereocenters. The molecule has 0 aromatic heterocycles. The van der Waals surface area contributed by atoms with Crippen LogP contribution in [-0.4, -0.2) is 25.9 Å². The summed E-state index contributed by atoms with van der Waals surface area (Å²) in [5, 5.41) is 0. The van der Waals surface area contributed by atoms with Crippen LogP contribution in [0.3, 0.4) is 0 Å². The lowest BCUT2D eigenvalue weighted by Crippen LogP contribution is -2.33. The molecule has 0 atom stereocenters. The van der Waals surface area contributed by atoms with Crippen LogP contribution in [0.15, 0.2) is 36.4 Å². The van der Waals surface area contributed by atoms with Crippen molar-refractivity contribution in [2.75, 3.05) is 19.8 Å². The first-order valence-corrected chi connectivity index (χ1v) is 11.7. The number of benzene rings is 2. The zero-order valence-corrected chi connectivity index (χ0v) is 20.0. The smallest absolute Gasteiger partial charge is 0.433 e. The second-order valence-corrected chi connectivity index (χ2v) is 8.46. The Labute approximate surface area is 205 Å². The van der Waals surface area contributed by atoms with Gasteiger partial charge in [-0.1, -0.05) is 12.2 Å². The fourth-order valence-corrected chi connectivity index (χ4v) is 3.98. The van der Waals surface area contributed by atoms with E-state index in [9.17, 15) is 26.3 Å². The van der Waals surface area contributed by atoms with E-state index in [0.717, 1.165) is 49.9 Å². The van der Waals surface area contributed by atoms with Crippen LogP contribution in [0.1, 0.15) is 39.5 Å². The van der Waals surface area contributed by atoms with Crippen LogP contribution < -0.4 is 18.9 Å². The van der Waals surface area contributed by atoms with E-state index in [1.165, 1.54) is 0 Å². The molecule has 3 rings (SSSR count). The number of hydrogen-bond acceptors (Lipinski definition) is 4. The molecule has 0 N–H and O–H groups in total. The van der Waals surface area contributed by atoms with Crippen molar-refractivity contribution in [3.8, 4) is 23.0 Å². The summed E-state index contributed by atoms with van der Waals surface area (Å²) in [5.41, 5.74) is 0. The summed E-state index contributed by atoms with van der Waals surface area (Å²) >= 11 is 0. The van der Waals surface area contributed by atoms with Crippen molar-refractivity contribution in [1.29, 1.82) is 0 Å². The maximum Gasteiger partial charge on any atom is 0.433 e. The molecule has 0 bridgehead atoms. The van der Waals surface area contributed by atoms with E-state index in [1.54, 1.807) is 6.92 Å². The number of alkyl halides is 2. The predicted octanol–water partition coefficient (Wildman–Crippen LogP) is 7.45. The first kappa shape index (κ1) is 27.5. The fraction of sp³-hybridized carbons (Fsp3) is 0.462. The molecule has 0 heterocycles. The van der Waals surface area contributed by atoms with E-state index >= 15 is 0 Å². The first-order valence-electron chi connectivity index (χ1n) is 11.7. The van der Waals surface area contributed by atoms with Gasteiger partial charge in [0.1, 0.15) is 0 Å². The maximum absolute atomic E-state index is 14.4. The monoisotopic (exact) mass is 518 g/mol. The van der Waals surface area contributed by atoms with Gasteiger partial charge in [0.2, 0.25) is 23.3 Å². The van der Waals surface area contributed by atoms with Crippen molar-refractivity contribution in [3.05, 3.63) is 59.7 Å². The molecule has 0 spiro atoms. The summed E-state index contributed by atoms with van der Waals surface area (Å²) in [5.74, 6) is -8.12. The molecule has 1 aliphatic carbocycles. The molecule has 1 saturated carbocycles. The Hall–Kier alpha value is -3.04. The number of rotatable bonds is 11. The minimum Gasteiger partial charge on any atom is -0.491 e. The van der Waals surface area contributed by atoms with Gasteiger partial charge in [-0.05, 0) is 75.6 Å². The zero-order valence-electron chi connectivity index (χ0n) is 20.0. The van der Waals surface area contributed by atoms with Gasteiger partial charge in [-0.15, -0.1) is 0 Å². The van der Waals surface area contributed by atoms with Crippen LogP contribution in [0, 0.1) is 35.1 Å². The lowest BCUT2D eigenvalue weighted by Gasteiger charge is -2.26. The van der Waals surface area contributed by atoms with E-state index in [2.05, 4.69) is 15.5 Å². The number of hydrogen-bond donors (Lipinski definition) is 0. The van der Waals surface area contributed by atoms with Gasteiger partial charge in [-0.2, -0.15) is 26.3 Å². The van der Waals surface area contributed by atoms with Crippen LogP contribution >= 0.6 is 0 Å². The Kier molecular flexibility index (Phi) is 9.39. The van der Waals surface area contributed by atoms with Crippen LogP contribution in [0.2, 0.25) is 0 Å². The fourth-order valence-electron chi connectivity index (χ4n) is 3.98. The summed E-state index contributed by atoms with van der Waals surface area (Å²) < 4.78 is 104. The quantitative estimate of drug-likeness (QED) is 0.229. The molecule has 198 valence electrons. The summed E-state index contributed by atoms with van der Waals surface area (Å²) in [4.78, 5) is 0. The summed E-state index contributed by atoms with van der Waals surface area (Å²) in [6.07, 6.45) is 3.69. The summed E-state index contributed by atoms with van der Waals surface area (Å²) in [7, 11) is 0. The molecule has 0 aliphatic heterocycles. The second kappa shape index (κ2) is 12.3. The van der Waals surface area contributed by atoms with Gasteiger partial charge >= 0.3 is 6.11 Å². The van der Waals surface area contributed by atoms with Gasteiger partial charge in [-0.3, -0.25) is 0 Å². The van der Waals surface area contributed by atoms with Crippen LogP contribution in [0.4, 0.5) is 26.3 Å². The van der Waals surface area contributed by atoms with Crippen LogP contribution in [0.5, 0.6) is 23.0 Å². The average molecular weight is 518 g/mol. The largest absolute Gasteiger partial charge is 0.491 e. The average Bonchev–Trinajstić information content (AvgIpc) is 2.85. The lowest BCUT2D eigenvalue weighted by atomic mass is 9.82. The molecule has 1 aliphatic rings. The standard InChI is InChI=1S/C26H28F6O4/c1-3-5-16-6-8-17(9-7-16)14-34-19-12-13-21(25(30)23(19)28)36-26(31,32)15-35-20-11-10-18(33-4-2)22(27)24(20)29/h3,5,10-13,16-17H,4,6-9,14-15H2,1-2H3/b5-3+. The summed E-state index contributed by atoms with van der Waals surface area (Å²) in [6, 6.07) is 3.72. The SMILES string of the molecule is C/C=C/C1CCC(COc2ccc(OC(F)(F)COc3ccc(OCC)c(F)c3F)c(F)c2F)CC1. The van der Waals surface area contributed by atoms with E-state index in [-0.39, 0.29) is 19.1 Å². The Morgan fingerprint density at radius 1 is 0.778 bits per heavy atom. The van der Waals surface area contributed by atoms with Crippen molar-refractivity contribution < 1.29 is 45.3 Å². The van der Waals surface area contributed by atoms with Crippen molar-refractivity contribution in [1.82, 2.24) is 0 Å². The highest BCUT2D eigenvalue weighted by molar-refractivity contribution is 5.36. The number of ether oxygens (including phenoxy) is 4. The lowest BCUT2D eigenvalue weighted by molar-refractivity contribution is -0.197. The van der Waals surface area contributed by atoms with Gasteiger partial charge < -0.3 is 18.9 Å².